The van der Waals surface area contributed by atoms with E-state index in [2.05, 4.69) is 4.74 Å². The van der Waals surface area contributed by atoms with E-state index in [0.29, 0.717) is 16.7 Å². The van der Waals surface area contributed by atoms with E-state index in [1.54, 1.807) is 27.7 Å². The first-order valence-electron chi connectivity index (χ1n) is 5.67. The van der Waals surface area contributed by atoms with Crippen LogP contribution in [-0.2, 0) is 9.53 Å². The summed E-state index contributed by atoms with van der Waals surface area (Å²) in [5, 5.41) is 0. The molecule has 0 N–H and O–H groups in total. The van der Waals surface area contributed by atoms with Gasteiger partial charge in [-0.25, -0.2) is 4.39 Å². The maximum absolute atomic E-state index is 13.9. The fourth-order valence-corrected chi connectivity index (χ4v) is 2.02. The Labute approximate surface area is 106 Å². The number of carbonyl (C=O) groups excluding carboxylic acids is 2. The molecule has 0 aromatic heterocycles. The van der Waals surface area contributed by atoms with Crippen LogP contribution in [0.15, 0.2) is 0 Å². The van der Waals surface area contributed by atoms with Gasteiger partial charge in [-0.3, -0.25) is 9.59 Å². The summed E-state index contributed by atoms with van der Waals surface area (Å²) in [5.41, 5.74) is 2.59. The molecule has 0 bridgehead atoms. The highest BCUT2D eigenvalue weighted by molar-refractivity contribution is 6.07. The van der Waals surface area contributed by atoms with Crippen molar-refractivity contribution in [1.82, 2.24) is 0 Å². The van der Waals surface area contributed by atoms with E-state index in [9.17, 15) is 14.0 Å². The van der Waals surface area contributed by atoms with Crippen molar-refractivity contribution < 1.29 is 18.7 Å². The van der Waals surface area contributed by atoms with E-state index in [1.807, 2.05) is 0 Å². The second-order valence-electron chi connectivity index (χ2n) is 4.37. The van der Waals surface area contributed by atoms with Crippen LogP contribution >= 0.6 is 0 Å². The Morgan fingerprint density at radius 2 is 1.56 bits per heavy atom. The summed E-state index contributed by atoms with van der Waals surface area (Å²) in [5.74, 6) is -1.40. The molecule has 98 valence electrons. The summed E-state index contributed by atoms with van der Waals surface area (Å²) in [7, 11) is 1.22. The van der Waals surface area contributed by atoms with Gasteiger partial charge in [-0.05, 0) is 49.9 Å². The van der Waals surface area contributed by atoms with Crippen LogP contribution in [0.5, 0.6) is 0 Å². The third-order valence-corrected chi connectivity index (χ3v) is 3.34. The first-order chi connectivity index (χ1) is 8.31. The van der Waals surface area contributed by atoms with E-state index in [0.717, 1.165) is 11.1 Å². The number of hydrogen-bond donors (Lipinski definition) is 0. The number of halogens is 1. The molecule has 1 rings (SSSR count). The van der Waals surface area contributed by atoms with Crippen molar-refractivity contribution in [3.8, 4) is 0 Å². The van der Waals surface area contributed by atoms with Crippen LogP contribution in [0.25, 0.3) is 0 Å². The highest BCUT2D eigenvalue weighted by Crippen LogP contribution is 2.26. The monoisotopic (exact) mass is 252 g/mol. The Bertz CT molecular complexity index is 489. The van der Waals surface area contributed by atoms with Gasteiger partial charge in [0, 0.05) is 5.56 Å². The van der Waals surface area contributed by atoms with Crippen molar-refractivity contribution in [1.29, 1.82) is 0 Å². The molecular weight excluding hydrogens is 235 g/mol. The number of ether oxygens (including phenoxy) is 1. The van der Waals surface area contributed by atoms with Crippen LogP contribution in [0.1, 0.15) is 39.0 Å². The van der Waals surface area contributed by atoms with E-state index in [-0.39, 0.29) is 12.2 Å². The number of rotatable bonds is 3. The van der Waals surface area contributed by atoms with Crippen molar-refractivity contribution in [2.45, 2.75) is 34.1 Å². The topological polar surface area (TPSA) is 43.4 Å². The van der Waals surface area contributed by atoms with E-state index in [4.69, 9.17) is 0 Å². The smallest absolute Gasteiger partial charge is 0.313 e. The average Bonchev–Trinajstić information content (AvgIpc) is 2.34. The molecule has 0 atom stereocenters. The molecule has 0 saturated heterocycles. The summed E-state index contributed by atoms with van der Waals surface area (Å²) >= 11 is 0. The molecule has 0 radical (unpaired) electrons. The average molecular weight is 252 g/mol. The normalized spacial score (nSPS) is 10.3. The van der Waals surface area contributed by atoms with Crippen LogP contribution in [-0.4, -0.2) is 18.9 Å². The van der Waals surface area contributed by atoms with Gasteiger partial charge in [-0.2, -0.15) is 0 Å². The van der Waals surface area contributed by atoms with E-state index >= 15 is 0 Å². The van der Waals surface area contributed by atoms with Crippen molar-refractivity contribution in [2.75, 3.05) is 7.11 Å². The number of benzene rings is 1. The summed E-state index contributed by atoms with van der Waals surface area (Å²) in [6.45, 7) is 6.76. The van der Waals surface area contributed by atoms with Gasteiger partial charge in [0.25, 0.3) is 0 Å². The molecule has 0 aliphatic carbocycles. The molecule has 1 aromatic rings. The first-order valence-corrected chi connectivity index (χ1v) is 5.67. The maximum Gasteiger partial charge on any atom is 0.313 e. The molecule has 1 aromatic carbocycles. The van der Waals surface area contributed by atoms with Crippen LogP contribution in [0, 0.1) is 33.5 Å². The number of ketones is 1. The van der Waals surface area contributed by atoms with Crippen molar-refractivity contribution in [2.24, 2.45) is 0 Å². The molecule has 0 heterocycles. The molecular formula is C14H17FO3. The second kappa shape index (κ2) is 5.29. The summed E-state index contributed by atoms with van der Waals surface area (Å²) in [4.78, 5) is 23.1. The molecule has 4 heteroatoms. The molecule has 0 aliphatic rings. The van der Waals surface area contributed by atoms with Gasteiger partial charge in [0.15, 0.2) is 5.78 Å². The highest BCUT2D eigenvalue weighted by atomic mass is 19.1. The largest absolute Gasteiger partial charge is 0.469 e. The third kappa shape index (κ3) is 2.42. The molecule has 3 nitrogen and oxygen atoms in total. The standard InChI is InChI=1S/C14H17FO3/c1-7-8(2)13(10(4)14(15)9(7)3)11(16)6-12(17)18-5/h6H2,1-5H3. The number of methoxy groups -OCH3 is 1. The molecule has 0 unspecified atom stereocenters. The van der Waals surface area contributed by atoms with Gasteiger partial charge in [-0.15, -0.1) is 0 Å². The zero-order chi connectivity index (χ0) is 14.0. The van der Waals surface area contributed by atoms with E-state index in [1.165, 1.54) is 7.11 Å². The van der Waals surface area contributed by atoms with Crippen LogP contribution in [0.2, 0.25) is 0 Å². The fraction of sp³-hybridized carbons (Fsp3) is 0.429. The lowest BCUT2D eigenvalue weighted by molar-refractivity contribution is -0.139. The number of hydrogen-bond acceptors (Lipinski definition) is 3. The van der Waals surface area contributed by atoms with Crippen molar-refractivity contribution in [3.63, 3.8) is 0 Å². The first kappa shape index (κ1) is 14.4. The molecule has 0 aliphatic heterocycles. The predicted octanol–water partition coefficient (Wildman–Crippen LogP) is 2.81. The Hall–Kier alpha value is -1.71. The fourth-order valence-electron chi connectivity index (χ4n) is 2.02. The summed E-state index contributed by atoms with van der Waals surface area (Å²) < 4.78 is 18.4. The van der Waals surface area contributed by atoms with Crippen LogP contribution < -0.4 is 0 Å². The predicted molar refractivity (Wildman–Crippen MR) is 66.3 cm³/mol. The summed E-state index contributed by atoms with van der Waals surface area (Å²) in [6, 6.07) is 0. The highest BCUT2D eigenvalue weighted by Gasteiger charge is 2.21. The minimum atomic E-state index is -0.613. The molecule has 0 amide bonds. The van der Waals surface area contributed by atoms with Crippen molar-refractivity contribution in [3.05, 3.63) is 33.6 Å². The molecule has 18 heavy (non-hydrogen) atoms. The minimum Gasteiger partial charge on any atom is -0.469 e. The Kier molecular flexibility index (Phi) is 4.22. The third-order valence-electron chi connectivity index (χ3n) is 3.34. The quantitative estimate of drug-likeness (QED) is 0.472. The van der Waals surface area contributed by atoms with Gasteiger partial charge in [0.1, 0.15) is 12.2 Å². The summed E-state index contributed by atoms with van der Waals surface area (Å²) in [6.07, 6.45) is -0.361. The number of carbonyl (C=O) groups is 2. The number of esters is 1. The SMILES string of the molecule is COC(=O)CC(=O)c1c(C)c(C)c(C)c(F)c1C. The van der Waals surface area contributed by atoms with Gasteiger partial charge in [0.2, 0.25) is 0 Å². The van der Waals surface area contributed by atoms with E-state index < -0.39 is 11.8 Å². The second-order valence-corrected chi connectivity index (χ2v) is 4.37. The van der Waals surface area contributed by atoms with Gasteiger partial charge < -0.3 is 4.74 Å². The Morgan fingerprint density at radius 1 is 1.00 bits per heavy atom. The van der Waals surface area contributed by atoms with Gasteiger partial charge >= 0.3 is 5.97 Å². The van der Waals surface area contributed by atoms with Gasteiger partial charge in [-0.1, -0.05) is 0 Å². The Balaban J connectivity index is 3.33. The molecule has 0 saturated carbocycles. The van der Waals surface area contributed by atoms with Crippen LogP contribution in [0.4, 0.5) is 4.39 Å². The van der Waals surface area contributed by atoms with Crippen LogP contribution in [0.3, 0.4) is 0 Å². The maximum atomic E-state index is 13.9. The lowest BCUT2D eigenvalue weighted by Gasteiger charge is -2.15. The Morgan fingerprint density at radius 3 is 2.06 bits per heavy atom. The zero-order valence-corrected chi connectivity index (χ0v) is 11.3. The lowest BCUT2D eigenvalue weighted by atomic mass is 9.90. The number of Topliss-reactive ketones (excluding diaryl/α,β-unsaturated/α-hetero) is 1. The van der Waals surface area contributed by atoms with Crippen molar-refractivity contribution >= 4 is 11.8 Å². The molecule has 0 spiro atoms. The minimum absolute atomic E-state index is 0.293. The van der Waals surface area contributed by atoms with Gasteiger partial charge in [0.05, 0.1) is 7.11 Å². The molecule has 0 fully saturated rings. The lowest BCUT2D eigenvalue weighted by Crippen LogP contribution is -2.14. The zero-order valence-electron chi connectivity index (χ0n) is 11.3.